The number of aryl methyl sites for hydroxylation is 1. The van der Waals surface area contributed by atoms with E-state index in [0.29, 0.717) is 18.2 Å². The molecule has 0 aliphatic heterocycles. The smallest absolute Gasteiger partial charge is 0.206 e. The molecule has 158 valence electrons. The summed E-state index contributed by atoms with van der Waals surface area (Å²) in [7, 11) is -3.60. The first-order valence-corrected chi connectivity index (χ1v) is 11.8. The Morgan fingerprint density at radius 2 is 1.67 bits per heavy atom. The van der Waals surface area contributed by atoms with Gasteiger partial charge < -0.3 is 5.32 Å². The lowest BCUT2D eigenvalue weighted by Crippen LogP contribution is -2.21. The molecule has 0 aliphatic rings. The molecule has 2 N–H and O–H groups in total. The summed E-state index contributed by atoms with van der Waals surface area (Å²) < 4.78 is 25.9. The van der Waals surface area contributed by atoms with Crippen molar-refractivity contribution in [3.05, 3.63) is 83.1 Å². The van der Waals surface area contributed by atoms with E-state index in [4.69, 9.17) is 11.6 Å². The third-order valence-corrected chi connectivity index (χ3v) is 6.91. The van der Waals surface area contributed by atoms with Crippen LogP contribution >= 0.6 is 11.6 Å². The molecule has 0 amide bonds. The van der Waals surface area contributed by atoms with Crippen molar-refractivity contribution in [1.29, 1.82) is 0 Å². The van der Waals surface area contributed by atoms with Crippen molar-refractivity contribution in [2.24, 2.45) is 0 Å². The van der Waals surface area contributed by atoms with Crippen LogP contribution in [0.1, 0.15) is 30.9 Å². The average Bonchev–Trinajstić information content (AvgIpc) is 2.77. The first-order chi connectivity index (χ1) is 14.5. The summed E-state index contributed by atoms with van der Waals surface area (Å²) in [6, 6.07) is 15.7. The Morgan fingerprint density at radius 3 is 2.33 bits per heavy atom. The van der Waals surface area contributed by atoms with Gasteiger partial charge in [0.2, 0.25) is 9.84 Å². The van der Waals surface area contributed by atoms with E-state index in [9.17, 15) is 8.42 Å². The van der Waals surface area contributed by atoms with Crippen molar-refractivity contribution in [2.75, 3.05) is 12.0 Å². The number of hydrogen-bond donors (Lipinski definition) is 2. The van der Waals surface area contributed by atoms with Gasteiger partial charge in [0, 0.05) is 29.6 Å². The molecule has 0 saturated carbocycles. The zero-order chi connectivity index (χ0) is 21.4. The highest BCUT2D eigenvalue weighted by molar-refractivity contribution is 7.91. The fraction of sp³-hybridized carbons (Fsp3) is 0.261. The average molecular weight is 444 g/mol. The van der Waals surface area contributed by atoms with E-state index in [2.05, 4.69) is 22.5 Å². The molecule has 5 nitrogen and oxygen atoms in total. The fourth-order valence-corrected chi connectivity index (χ4v) is 4.66. The Kier molecular flexibility index (Phi) is 7.85. The molecule has 7 heteroatoms. The van der Waals surface area contributed by atoms with Crippen LogP contribution in [-0.4, -0.2) is 20.1 Å². The number of pyridine rings is 1. The van der Waals surface area contributed by atoms with Gasteiger partial charge in [-0.2, -0.15) is 0 Å². The number of nitrogens with zero attached hydrogens (tertiary/aromatic N) is 1. The van der Waals surface area contributed by atoms with Crippen molar-refractivity contribution >= 4 is 27.1 Å². The third kappa shape index (κ3) is 5.81. The molecule has 30 heavy (non-hydrogen) atoms. The quantitative estimate of drug-likeness (QED) is 0.338. The lowest BCUT2D eigenvalue weighted by atomic mass is 10.1. The monoisotopic (exact) mass is 443 g/mol. The van der Waals surface area contributed by atoms with E-state index in [1.165, 1.54) is 0 Å². The largest absolute Gasteiger partial charge is 0.372 e. The molecule has 0 bridgehead atoms. The van der Waals surface area contributed by atoms with Gasteiger partial charge in [0.05, 0.1) is 16.5 Å². The molecule has 3 aromatic rings. The molecule has 0 saturated heterocycles. The number of sulfone groups is 1. The van der Waals surface area contributed by atoms with Crippen LogP contribution in [0, 0.1) is 0 Å². The highest BCUT2D eigenvalue weighted by Crippen LogP contribution is 2.27. The second-order valence-electron chi connectivity index (χ2n) is 7.02. The zero-order valence-electron chi connectivity index (χ0n) is 16.9. The molecule has 0 atom stereocenters. The highest BCUT2D eigenvalue weighted by atomic mass is 35.5. The first-order valence-electron chi connectivity index (χ1n) is 9.98. The number of unbranched alkanes of at least 4 members (excludes halogenated alkanes) is 1. The Morgan fingerprint density at radius 1 is 0.967 bits per heavy atom. The molecular weight excluding hydrogens is 418 g/mol. The number of nitrogens with one attached hydrogen (secondary N) is 2. The maximum atomic E-state index is 13.0. The molecule has 0 aliphatic carbocycles. The van der Waals surface area contributed by atoms with E-state index in [-0.39, 0.29) is 9.79 Å². The van der Waals surface area contributed by atoms with Gasteiger partial charge in [-0.05, 0) is 60.4 Å². The van der Waals surface area contributed by atoms with E-state index in [0.717, 1.165) is 36.1 Å². The maximum absolute atomic E-state index is 13.0. The van der Waals surface area contributed by atoms with Gasteiger partial charge in [0.25, 0.3) is 0 Å². The van der Waals surface area contributed by atoms with Crippen LogP contribution in [0.25, 0.3) is 0 Å². The van der Waals surface area contributed by atoms with Crippen LogP contribution < -0.4 is 10.6 Å². The second-order valence-corrected chi connectivity index (χ2v) is 9.38. The topological polar surface area (TPSA) is 71.1 Å². The number of benzene rings is 2. The van der Waals surface area contributed by atoms with Crippen LogP contribution in [-0.2, 0) is 22.8 Å². The molecular formula is C23H26ClN3O2S. The van der Waals surface area contributed by atoms with Crippen molar-refractivity contribution in [3.8, 4) is 0 Å². The van der Waals surface area contributed by atoms with Crippen LogP contribution in [0.15, 0.2) is 76.8 Å². The SMILES string of the molecule is CCCCc1ccc(S(=O)(=O)c2ccc(CNCNc3ccncc3)cc2)cc1Cl. The molecule has 1 heterocycles. The predicted octanol–water partition coefficient (Wildman–Crippen LogP) is 5.07. The van der Waals surface area contributed by atoms with Crippen molar-refractivity contribution in [3.63, 3.8) is 0 Å². The summed E-state index contributed by atoms with van der Waals surface area (Å²) in [4.78, 5) is 4.46. The maximum Gasteiger partial charge on any atom is 0.206 e. The summed E-state index contributed by atoms with van der Waals surface area (Å²) in [6.45, 7) is 3.33. The van der Waals surface area contributed by atoms with Crippen molar-refractivity contribution in [2.45, 2.75) is 42.5 Å². The van der Waals surface area contributed by atoms with E-state index in [1.54, 1.807) is 36.7 Å². The molecule has 0 radical (unpaired) electrons. The standard InChI is InChI=1S/C23H26ClN3O2S/c1-2-3-4-19-7-10-22(15-23(19)24)30(28,29)21-8-5-18(6-9-21)16-26-17-27-20-11-13-25-14-12-20/h5-15,26H,2-4,16-17H2,1H3,(H,25,27). The van der Waals surface area contributed by atoms with Gasteiger partial charge in [0.15, 0.2) is 0 Å². The number of halogens is 1. The number of hydrogen-bond acceptors (Lipinski definition) is 5. The van der Waals surface area contributed by atoms with Gasteiger partial charge in [-0.25, -0.2) is 8.42 Å². The van der Waals surface area contributed by atoms with Crippen LogP contribution in [0.3, 0.4) is 0 Å². The third-order valence-electron chi connectivity index (χ3n) is 4.80. The van der Waals surface area contributed by atoms with Crippen LogP contribution in [0.2, 0.25) is 5.02 Å². The van der Waals surface area contributed by atoms with Crippen molar-refractivity contribution in [1.82, 2.24) is 10.3 Å². The first kappa shape index (κ1) is 22.3. The predicted molar refractivity (Wildman–Crippen MR) is 122 cm³/mol. The minimum Gasteiger partial charge on any atom is -0.372 e. The van der Waals surface area contributed by atoms with Crippen LogP contribution in [0.5, 0.6) is 0 Å². The Bertz CT molecular complexity index is 1060. The summed E-state index contributed by atoms with van der Waals surface area (Å²) in [5.74, 6) is 0. The van der Waals surface area contributed by atoms with Gasteiger partial charge in [-0.3, -0.25) is 10.3 Å². The summed E-state index contributed by atoms with van der Waals surface area (Å²) in [5, 5.41) is 7.01. The highest BCUT2D eigenvalue weighted by Gasteiger charge is 2.18. The van der Waals surface area contributed by atoms with Gasteiger partial charge in [-0.15, -0.1) is 0 Å². The summed E-state index contributed by atoms with van der Waals surface area (Å²) in [6.07, 6.45) is 6.41. The normalized spacial score (nSPS) is 11.4. The van der Waals surface area contributed by atoms with Gasteiger partial charge in [-0.1, -0.05) is 43.1 Å². The Labute approximate surface area is 183 Å². The molecule has 0 spiro atoms. The molecule has 3 rings (SSSR count). The summed E-state index contributed by atoms with van der Waals surface area (Å²) in [5.41, 5.74) is 2.97. The fourth-order valence-electron chi connectivity index (χ4n) is 3.03. The lowest BCUT2D eigenvalue weighted by molar-refractivity contribution is 0.596. The zero-order valence-corrected chi connectivity index (χ0v) is 18.5. The van der Waals surface area contributed by atoms with Gasteiger partial charge >= 0.3 is 0 Å². The van der Waals surface area contributed by atoms with Crippen LogP contribution in [0.4, 0.5) is 5.69 Å². The van der Waals surface area contributed by atoms with Crippen molar-refractivity contribution < 1.29 is 8.42 Å². The Hall–Kier alpha value is -2.41. The second kappa shape index (κ2) is 10.6. The minimum absolute atomic E-state index is 0.222. The van der Waals surface area contributed by atoms with E-state index >= 15 is 0 Å². The Balaban J connectivity index is 1.61. The number of aromatic nitrogens is 1. The van der Waals surface area contributed by atoms with E-state index in [1.807, 2.05) is 30.3 Å². The summed E-state index contributed by atoms with van der Waals surface area (Å²) >= 11 is 6.32. The van der Waals surface area contributed by atoms with E-state index < -0.39 is 9.84 Å². The molecule has 0 fully saturated rings. The number of rotatable bonds is 10. The molecule has 1 aromatic heterocycles. The lowest BCUT2D eigenvalue weighted by Gasteiger charge is -2.10. The molecule has 0 unspecified atom stereocenters. The molecule has 2 aromatic carbocycles. The number of anilines is 1. The van der Waals surface area contributed by atoms with Gasteiger partial charge in [0.1, 0.15) is 0 Å². The minimum atomic E-state index is -3.60.